The molecule has 42 heavy (non-hydrogen) atoms. The lowest BCUT2D eigenvalue weighted by atomic mass is 9.87. The van der Waals surface area contributed by atoms with Gasteiger partial charge in [-0.25, -0.2) is 38.4 Å². The van der Waals surface area contributed by atoms with Gasteiger partial charge in [0.25, 0.3) is 0 Å². The van der Waals surface area contributed by atoms with E-state index in [4.69, 9.17) is 9.47 Å². The molecule has 0 amide bonds. The maximum atomic E-state index is 12.0. The molecule has 0 fully saturated rings. The average molecular weight is 629 g/mol. The van der Waals surface area contributed by atoms with E-state index in [1.807, 2.05) is 0 Å². The topological polar surface area (TPSA) is 173 Å². The van der Waals surface area contributed by atoms with Crippen molar-refractivity contribution in [1.82, 2.24) is 0 Å². The summed E-state index contributed by atoms with van der Waals surface area (Å²) in [5, 5.41) is 1.05. The van der Waals surface area contributed by atoms with Gasteiger partial charge in [0.15, 0.2) is 0 Å². The summed E-state index contributed by atoms with van der Waals surface area (Å²) < 4.78 is 19.0. The van der Waals surface area contributed by atoms with E-state index in [1.165, 1.54) is 36.4 Å². The highest BCUT2D eigenvalue weighted by molar-refractivity contribution is 9.10. The van der Waals surface area contributed by atoms with Gasteiger partial charge in [-0.3, -0.25) is 0 Å². The van der Waals surface area contributed by atoms with Crippen molar-refractivity contribution >= 4 is 85.2 Å². The molecule has 13 heteroatoms. The molecule has 0 radical (unpaired) electrons. The van der Waals surface area contributed by atoms with Gasteiger partial charge in [-0.05, 0) is 64.8 Å². The zero-order valence-corrected chi connectivity index (χ0v) is 22.3. The molecule has 4 aromatic rings. The second-order valence-electron chi connectivity index (χ2n) is 9.43. The van der Waals surface area contributed by atoms with Crippen molar-refractivity contribution in [3.63, 3.8) is 0 Å². The Hall–Kier alpha value is -5.56. The van der Waals surface area contributed by atoms with Crippen LogP contribution in [0.5, 0.6) is 0 Å². The molecule has 4 aromatic carbocycles. The number of hydrogen-bond donors (Lipinski definition) is 0. The van der Waals surface area contributed by atoms with Crippen molar-refractivity contribution < 1.29 is 57.3 Å². The number of ether oxygens (including phenoxy) is 4. The SMILES string of the molecule is Cc1cc2c3c(c(Br)cc4c3c1C(=O)OC4=O)C(=O)OC2=O.O=C1OC(=O)c2ccc3c4c(ccc1c24)C(=O)OC3=O. The van der Waals surface area contributed by atoms with Crippen LogP contribution in [0.3, 0.4) is 0 Å². The third kappa shape index (κ3) is 3.28. The molecule has 0 aromatic heterocycles. The number of halogens is 1. The highest BCUT2D eigenvalue weighted by Crippen LogP contribution is 2.41. The van der Waals surface area contributed by atoms with Gasteiger partial charge in [0.1, 0.15) is 0 Å². The Bertz CT molecular complexity index is 1940. The van der Waals surface area contributed by atoms with Gasteiger partial charge in [-0.15, -0.1) is 0 Å². The standard InChI is InChI=1S/C15H5BrO6.C14H4O6/c1-4-2-5-10-9-6(13(18)21-14(19)8(4)9)3-7(16)11(10)15(20)22-12(5)17;15-11-5-1-2-6-10-8(14(18)20-12(6)16)4-3-7(9(5)10)13(17)19-11/h2-3H,1H3;1-4H. The van der Waals surface area contributed by atoms with Gasteiger partial charge in [-0.1, -0.05) is 0 Å². The molecule has 0 N–H and O–H groups in total. The number of hydrogen-bond acceptors (Lipinski definition) is 12. The first kappa shape index (κ1) is 25.4. The second kappa shape index (κ2) is 8.47. The van der Waals surface area contributed by atoms with Crippen molar-refractivity contribution in [2.45, 2.75) is 6.92 Å². The Balaban J connectivity index is 0.000000138. The molecule has 4 heterocycles. The molecule has 0 saturated heterocycles. The van der Waals surface area contributed by atoms with Gasteiger partial charge in [0, 0.05) is 26.0 Å². The highest BCUT2D eigenvalue weighted by Gasteiger charge is 2.38. The van der Waals surface area contributed by atoms with E-state index in [9.17, 15) is 38.4 Å². The lowest BCUT2D eigenvalue weighted by Gasteiger charge is -2.23. The predicted octanol–water partition coefficient (Wildman–Crippen LogP) is 3.99. The van der Waals surface area contributed by atoms with Crippen molar-refractivity contribution in [2.24, 2.45) is 0 Å². The van der Waals surface area contributed by atoms with Gasteiger partial charge in [0.05, 0.1) is 44.5 Å². The minimum absolute atomic E-state index is 0.122. The van der Waals surface area contributed by atoms with Crippen molar-refractivity contribution in [1.29, 1.82) is 0 Å². The Kier molecular flexibility index (Phi) is 5.13. The van der Waals surface area contributed by atoms with Crippen LogP contribution in [0.4, 0.5) is 0 Å². The lowest BCUT2D eigenvalue weighted by molar-refractivity contribution is 0.0364. The summed E-state index contributed by atoms with van der Waals surface area (Å²) in [6.07, 6.45) is 0. The van der Waals surface area contributed by atoms with Crippen LogP contribution in [0.15, 0.2) is 40.9 Å². The summed E-state index contributed by atoms with van der Waals surface area (Å²) in [5.74, 6) is -6.40. The van der Waals surface area contributed by atoms with Crippen molar-refractivity contribution in [3.05, 3.63) is 90.9 Å². The quantitative estimate of drug-likeness (QED) is 0.156. The molecule has 12 nitrogen and oxygen atoms in total. The van der Waals surface area contributed by atoms with Gasteiger partial charge in [0.2, 0.25) is 0 Å². The number of carbonyl (C=O) groups excluding carboxylic acids is 8. The smallest absolute Gasteiger partial charge is 0.347 e. The van der Waals surface area contributed by atoms with Crippen LogP contribution in [0.2, 0.25) is 0 Å². The van der Waals surface area contributed by atoms with E-state index in [-0.39, 0.29) is 66.1 Å². The number of aryl methyl sites for hydroxylation is 1. The van der Waals surface area contributed by atoms with Crippen LogP contribution in [0.25, 0.3) is 21.5 Å². The first-order chi connectivity index (χ1) is 20.0. The molecule has 0 saturated carbocycles. The minimum Gasteiger partial charge on any atom is -0.386 e. The Morgan fingerprint density at radius 2 is 0.762 bits per heavy atom. The zero-order chi connectivity index (χ0) is 29.8. The van der Waals surface area contributed by atoms with Crippen LogP contribution in [-0.4, -0.2) is 47.8 Å². The maximum absolute atomic E-state index is 12.0. The molecule has 4 aliphatic rings. The van der Waals surface area contributed by atoms with E-state index in [2.05, 4.69) is 25.4 Å². The second-order valence-corrected chi connectivity index (χ2v) is 10.3. The van der Waals surface area contributed by atoms with Gasteiger partial charge < -0.3 is 18.9 Å². The van der Waals surface area contributed by atoms with Crippen LogP contribution in [-0.2, 0) is 18.9 Å². The maximum Gasteiger partial charge on any atom is 0.347 e. The summed E-state index contributed by atoms with van der Waals surface area (Å²) in [4.78, 5) is 94.9. The van der Waals surface area contributed by atoms with Crippen LogP contribution >= 0.6 is 15.9 Å². The first-order valence-corrected chi connectivity index (χ1v) is 12.7. The third-order valence-electron chi connectivity index (χ3n) is 7.18. The zero-order valence-electron chi connectivity index (χ0n) is 20.7. The minimum atomic E-state index is -0.822. The van der Waals surface area contributed by atoms with E-state index in [1.54, 1.807) is 6.92 Å². The summed E-state index contributed by atoms with van der Waals surface area (Å²) in [7, 11) is 0. The number of rotatable bonds is 0. The summed E-state index contributed by atoms with van der Waals surface area (Å²) in [6, 6.07) is 8.40. The van der Waals surface area contributed by atoms with E-state index in [0.29, 0.717) is 10.0 Å². The van der Waals surface area contributed by atoms with Crippen molar-refractivity contribution in [2.75, 3.05) is 0 Å². The molecule has 0 unspecified atom stereocenters. The fraction of sp³-hybridized carbons (Fsp3) is 0.0345. The van der Waals surface area contributed by atoms with E-state index >= 15 is 0 Å². The Morgan fingerprint density at radius 3 is 1.21 bits per heavy atom. The number of cyclic esters (lactones) is 8. The molecular formula is C29H9BrO12. The third-order valence-corrected chi connectivity index (χ3v) is 7.81. The lowest BCUT2D eigenvalue weighted by Crippen LogP contribution is -2.26. The number of benzene rings is 4. The molecule has 0 aliphatic carbocycles. The summed E-state index contributed by atoms with van der Waals surface area (Å²) in [6.45, 7) is 1.62. The fourth-order valence-corrected chi connectivity index (χ4v) is 6.06. The van der Waals surface area contributed by atoms with E-state index < -0.39 is 47.8 Å². The fourth-order valence-electron chi connectivity index (χ4n) is 5.47. The molecule has 204 valence electrons. The molecule has 0 spiro atoms. The monoisotopic (exact) mass is 628 g/mol. The molecule has 8 rings (SSSR count). The molecule has 4 aliphatic heterocycles. The normalized spacial score (nSPS) is 16.0. The predicted molar refractivity (Wildman–Crippen MR) is 139 cm³/mol. The first-order valence-electron chi connectivity index (χ1n) is 11.9. The number of carbonyl (C=O) groups is 8. The molecule has 0 atom stereocenters. The summed E-state index contributed by atoms with van der Waals surface area (Å²) >= 11 is 3.20. The largest absolute Gasteiger partial charge is 0.386 e. The molecular weight excluding hydrogens is 620 g/mol. The Labute approximate surface area is 240 Å². The van der Waals surface area contributed by atoms with Crippen LogP contribution in [0.1, 0.15) is 88.4 Å². The van der Waals surface area contributed by atoms with Gasteiger partial charge >= 0.3 is 47.8 Å². The van der Waals surface area contributed by atoms with Crippen LogP contribution in [0, 0.1) is 6.92 Å². The van der Waals surface area contributed by atoms with Crippen LogP contribution < -0.4 is 0 Å². The molecule has 0 bridgehead atoms. The highest BCUT2D eigenvalue weighted by atomic mass is 79.9. The summed E-state index contributed by atoms with van der Waals surface area (Å²) in [5.41, 5.74) is 1.68. The van der Waals surface area contributed by atoms with E-state index in [0.717, 1.165) is 0 Å². The average Bonchev–Trinajstić information content (AvgIpc) is 2.93. The number of esters is 8. The van der Waals surface area contributed by atoms with Crippen molar-refractivity contribution in [3.8, 4) is 0 Å². The Morgan fingerprint density at radius 1 is 0.429 bits per heavy atom. The van der Waals surface area contributed by atoms with Gasteiger partial charge in [-0.2, -0.15) is 0 Å².